The van der Waals surface area contributed by atoms with Gasteiger partial charge in [0.25, 0.3) is 11.4 Å². The molecule has 0 aliphatic carbocycles. The zero-order valence-corrected chi connectivity index (χ0v) is 55.8. The number of ether oxygens (including phenoxy) is 6. The second kappa shape index (κ2) is 34.0. The number of nitro benzene ring substituents is 2. The molecule has 2 aromatic carbocycles. The van der Waals surface area contributed by atoms with Crippen molar-refractivity contribution < 1.29 is 272 Å². The Labute approximate surface area is 621 Å². The van der Waals surface area contributed by atoms with Crippen LogP contribution in [0.15, 0.2) is 30.3 Å². The summed E-state index contributed by atoms with van der Waals surface area (Å²) >= 11 is 0. The molecule has 14 nitrogen and oxygen atoms in total. The van der Waals surface area contributed by atoms with Gasteiger partial charge in [-0.25, -0.2) is 9.59 Å². The van der Waals surface area contributed by atoms with Gasteiger partial charge in [-0.15, -0.1) is 0 Å². The summed E-state index contributed by atoms with van der Waals surface area (Å²) in [5, 5.41) is 22.3. The van der Waals surface area contributed by atoms with Crippen molar-refractivity contribution in [3.05, 3.63) is 61.7 Å². The molecule has 0 saturated heterocycles. The van der Waals surface area contributed by atoms with Crippen molar-refractivity contribution in [1.82, 2.24) is 0 Å². The molecule has 692 valence electrons. The summed E-state index contributed by atoms with van der Waals surface area (Å²) in [5.74, 6) is -191. The van der Waals surface area contributed by atoms with Gasteiger partial charge in [-0.1, -0.05) is 0 Å². The topological polar surface area (TPSA) is 176 Å². The molecule has 0 heterocycles. The lowest BCUT2D eigenvalue weighted by molar-refractivity contribution is -0.461. The highest BCUT2D eigenvalue weighted by Crippen LogP contribution is 2.69. The number of unbranched alkanes of at least 4 members (excludes halogenated alkanes) is 3. The summed E-state index contributed by atoms with van der Waals surface area (Å²) in [6, 6.07) is 1.02. The molecule has 0 amide bonds. The Morgan fingerprint density at radius 2 is 0.454 bits per heavy atom. The van der Waals surface area contributed by atoms with Crippen LogP contribution in [0.5, 0.6) is 17.2 Å². The van der Waals surface area contributed by atoms with Crippen LogP contribution in [-0.2, 0) is 14.2 Å². The van der Waals surface area contributed by atoms with Gasteiger partial charge in [0, 0.05) is 31.4 Å². The fourth-order valence-electron chi connectivity index (χ4n) is 8.58. The first-order valence-electron chi connectivity index (χ1n) is 30.0. The molecule has 119 heavy (non-hydrogen) atoms. The van der Waals surface area contributed by atoms with E-state index in [4.69, 9.17) is 18.9 Å². The maximum atomic E-state index is 14.8. The molecular formula is C54H37F51N2O12. The molecule has 0 unspecified atom stereocenters. The number of hydrogen-bond acceptors (Lipinski definition) is 12. The van der Waals surface area contributed by atoms with Crippen molar-refractivity contribution in [2.75, 3.05) is 46.2 Å². The van der Waals surface area contributed by atoms with Crippen LogP contribution in [0, 0.1) is 20.2 Å². The Bertz CT molecular complexity index is 3690. The summed E-state index contributed by atoms with van der Waals surface area (Å²) in [7, 11) is 0. The minimum absolute atomic E-state index is 0.0875. The van der Waals surface area contributed by atoms with Crippen molar-refractivity contribution in [1.29, 1.82) is 0 Å². The van der Waals surface area contributed by atoms with Crippen molar-refractivity contribution in [2.24, 2.45) is 0 Å². The van der Waals surface area contributed by atoms with E-state index in [1.165, 1.54) is 0 Å². The predicted molar refractivity (Wildman–Crippen MR) is 278 cm³/mol. The van der Waals surface area contributed by atoms with E-state index in [1.54, 1.807) is 0 Å². The lowest BCUT2D eigenvalue weighted by Crippen LogP contribution is -2.74. The number of nitrogens with zero attached hydrogens (tertiary/aromatic N) is 2. The third-order valence-corrected chi connectivity index (χ3v) is 15.5. The fourth-order valence-corrected chi connectivity index (χ4v) is 8.58. The van der Waals surface area contributed by atoms with Gasteiger partial charge in [0.05, 0.1) is 60.1 Å². The highest BCUT2D eigenvalue weighted by atomic mass is 19.5. The highest BCUT2D eigenvalue weighted by Gasteiger charge is 2.99. The summed E-state index contributed by atoms with van der Waals surface area (Å²) in [4.78, 5) is 45.6. The molecule has 0 bridgehead atoms. The first-order valence-corrected chi connectivity index (χ1v) is 30.0. The van der Waals surface area contributed by atoms with Crippen LogP contribution >= 0.6 is 0 Å². The van der Waals surface area contributed by atoms with Gasteiger partial charge in [0.1, 0.15) is 13.2 Å². The molecular weight excluding hydrogens is 1840 g/mol. The molecule has 2 aromatic rings. The molecule has 0 aromatic heterocycles. The first kappa shape index (κ1) is 107. The summed E-state index contributed by atoms with van der Waals surface area (Å²) in [6.45, 7) is -10.0. The van der Waals surface area contributed by atoms with E-state index in [9.17, 15) is 254 Å². The number of carbonyl (C=O) groups is 2. The van der Waals surface area contributed by atoms with Gasteiger partial charge in [-0.2, -0.15) is 224 Å². The number of carbonyl (C=O) groups excluding carboxylic acids is 2. The van der Waals surface area contributed by atoms with E-state index in [1.807, 2.05) is 0 Å². The van der Waals surface area contributed by atoms with Crippen LogP contribution in [0.1, 0.15) is 78.5 Å². The molecule has 0 N–H and O–H groups in total. The summed E-state index contributed by atoms with van der Waals surface area (Å²) < 4.78 is 737. The van der Waals surface area contributed by atoms with E-state index in [2.05, 4.69) is 9.47 Å². The van der Waals surface area contributed by atoms with Crippen LogP contribution in [0.4, 0.5) is 235 Å². The van der Waals surface area contributed by atoms with Crippen molar-refractivity contribution in [3.63, 3.8) is 0 Å². The van der Waals surface area contributed by atoms with Crippen LogP contribution in [0.3, 0.4) is 0 Å². The third kappa shape index (κ3) is 18.7. The molecule has 0 aliphatic rings. The number of alkyl halides is 51. The van der Waals surface area contributed by atoms with Crippen LogP contribution in [-0.4, -0.2) is 211 Å². The lowest BCUT2D eigenvalue weighted by atomic mass is 9.88. The average molecular weight is 1870 g/mol. The Morgan fingerprint density at radius 3 is 0.672 bits per heavy atom. The van der Waals surface area contributed by atoms with Gasteiger partial charge in [-0.3, -0.25) is 20.2 Å². The number of non-ortho nitro benzene ring substituents is 2. The normalized spacial score (nSPS) is 15.1. The van der Waals surface area contributed by atoms with Gasteiger partial charge in [0.15, 0.2) is 11.5 Å². The minimum Gasteiger partial charge on any atom is -0.490 e. The monoisotopic (exact) mass is 1870 g/mol. The number of esters is 2. The standard InChI is InChI=1S/C54H37F51N2O12/c55-31(56,34(61,62)37(67,68)40(73,74)43(79,80)46(85,86)49(91,92)52(97,98)99)7-1-4-10-115-26-19-23(30(109)119-16-14-114-13-15-118-29(108)22-17-24(106(110)111)21-25(18-22)107(112)113)20-27(116-11-5-2-8-32(57,58)35(63,64)38(69,70)41(75,76)44(81,82)47(87,88)50(93,94)53(100,101)102)28(26)117-12-6-3-9-33(59,60)36(65,66)39(71,72)42(77,78)45(83,84)48(89,90)51(95,96)54(103,104)105/h17-21H,1-16H2. The summed E-state index contributed by atoms with van der Waals surface area (Å²) in [5.41, 5.74) is -4.53. The number of hydrogen-bond donors (Lipinski definition) is 0. The molecule has 0 fully saturated rings. The van der Waals surface area contributed by atoms with Crippen LogP contribution in [0.25, 0.3) is 0 Å². The quantitative estimate of drug-likeness (QED) is 0.0202. The second-order valence-electron chi connectivity index (χ2n) is 23.8. The van der Waals surface area contributed by atoms with E-state index >= 15 is 0 Å². The first-order chi connectivity index (χ1) is 52.4. The van der Waals surface area contributed by atoms with Crippen molar-refractivity contribution in [2.45, 2.75) is 201 Å². The van der Waals surface area contributed by atoms with Crippen LogP contribution in [0.2, 0.25) is 0 Å². The third-order valence-electron chi connectivity index (χ3n) is 15.5. The Morgan fingerprint density at radius 1 is 0.252 bits per heavy atom. The maximum Gasteiger partial charge on any atom is 0.460 e. The Balaban J connectivity index is 2.88. The zero-order chi connectivity index (χ0) is 94.4. The predicted octanol–water partition coefficient (Wildman–Crippen LogP) is 22.2. The van der Waals surface area contributed by atoms with E-state index < -0.39 is 308 Å². The molecule has 0 spiro atoms. The van der Waals surface area contributed by atoms with Gasteiger partial charge < -0.3 is 28.4 Å². The van der Waals surface area contributed by atoms with E-state index in [-0.39, 0.29) is 12.1 Å². The number of halogens is 51. The van der Waals surface area contributed by atoms with Crippen molar-refractivity contribution in [3.8, 4) is 17.2 Å². The number of rotatable bonds is 46. The molecule has 65 heteroatoms. The minimum atomic E-state index is -9.19. The molecule has 0 atom stereocenters. The molecule has 0 saturated carbocycles. The van der Waals surface area contributed by atoms with Gasteiger partial charge in [0.2, 0.25) is 5.75 Å². The highest BCUT2D eigenvalue weighted by molar-refractivity contribution is 5.91. The number of benzene rings is 2. The van der Waals surface area contributed by atoms with E-state index in [0.717, 1.165) is 0 Å². The zero-order valence-electron chi connectivity index (χ0n) is 55.8. The summed E-state index contributed by atoms with van der Waals surface area (Å²) in [6.07, 6.45) is -47.0. The fraction of sp³-hybridized carbons (Fsp3) is 0.741. The average Bonchev–Trinajstić information content (AvgIpc) is 0.704. The molecule has 0 aliphatic heterocycles. The number of nitro groups is 2. The molecule has 2 rings (SSSR count). The lowest BCUT2D eigenvalue weighted by Gasteiger charge is -2.42. The van der Waals surface area contributed by atoms with Gasteiger partial charge >= 0.3 is 155 Å². The SMILES string of the molecule is O=C(OCCOCCOC(=O)c1cc(OCCCCC(F)(F)C(F)(F)C(F)(F)C(F)(F)C(F)(F)C(F)(F)C(F)(F)C(F)(F)F)c(OCCCCC(F)(F)C(F)(F)C(F)(F)C(F)(F)C(F)(F)C(F)(F)C(F)(F)C(F)(F)F)c(OCCCCC(F)(F)C(F)(F)C(F)(F)C(F)(F)C(F)(F)C(F)(F)C(F)(F)C(F)(F)F)c1)c1cc([N+](=O)[O-])cc([N+](=O)[O-])c1. The Kier molecular flexibility index (Phi) is 30.6. The largest absolute Gasteiger partial charge is 0.490 e. The molecule has 0 radical (unpaired) electrons. The van der Waals surface area contributed by atoms with E-state index in [0.29, 0.717) is 18.2 Å². The van der Waals surface area contributed by atoms with Crippen LogP contribution < -0.4 is 14.2 Å². The second-order valence-corrected chi connectivity index (χ2v) is 23.8. The van der Waals surface area contributed by atoms with Crippen molar-refractivity contribution >= 4 is 23.3 Å². The Hall–Kier alpha value is -8.03. The van der Waals surface area contributed by atoms with Gasteiger partial charge in [-0.05, 0) is 50.7 Å². The smallest absolute Gasteiger partial charge is 0.460 e. The maximum absolute atomic E-state index is 14.8.